The van der Waals surface area contributed by atoms with Crippen LogP contribution < -0.4 is 4.74 Å². The fraction of sp³-hybridized carbons (Fsp3) is 0.286. The average molecular weight is 155 g/mol. The molecule has 4 nitrogen and oxygen atoms in total. The molecule has 2 N–H and O–H groups in total. The highest BCUT2D eigenvalue weighted by Crippen LogP contribution is 2.02. The second-order valence-corrected chi connectivity index (χ2v) is 1.96. The molecule has 1 heterocycles. The summed E-state index contributed by atoms with van der Waals surface area (Å²) in [6, 6.07) is 5.15. The van der Waals surface area contributed by atoms with Gasteiger partial charge in [-0.1, -0.05) is 6.07 Å². The van der Waals surface area contributed by atoms with Gasteiger partial charge in [0.2, 0.25) is 5.88 Å². The summed E-state index contributed by atoms with van der Waals surface area (Å²) in [5.74, 6) is 0.389. The third-order valence-electron chi connectivity index (χ3n) is 1.02. The van der Waals surface area contributed by atoms with Crippen molar-refractivity contribution in [3.05, 3.63) is 24.4 Å². The Labute approximate surface area is 64.1 Å². The molecule has 1 aromatic heterocycles. The SMILES string of the molecule is OC(O)COc1ccccn1. The molecule has 0 unspecified atom stereocenters. The van der Waals surface area contributed by atoms with Crippen molar-refractivity contribution in [1.29, 1.82) is 0 Å². The van der Waals surface area contributed by atoms with Crippen molar-refractivity contribution in [2.75, 3.05) is 6.61 Å². The van der Waals surface area contributed by atoms with E-state index in [-0.39, 0.29) is 6.61 Å². The van der Waals surface area contributed by atoms with E-state index >= 15 is 0 Å². The lowest BCUT2D eigenvalue weighted by atomic mass is 10.5. The molecule has 0 aliphatic heterocycles. The van der Waals surface area contributed by atoms with Crippen LogP contribution in [-0.2, 0) is 0 Å². The molecule has 0 saturated heterocycles. The van der Waals surface area contributed by atoms with Crippen LogP contribution in [0.3, 0.4) is 0 Å². The van der Waals surface area contributed by atoms with Gasteiger partial charge in [0.25, 0.3) is 0 Å². The number of aliphatic hydroxyl groups excluding tert-OH is 1. The summed E-state index contributed by atoms with van der Waals surface area (Å²) < 4.78 is 4.86. The van der Waals surface area contributed by atoms with Crippen molar-refractivity contribution < 1.29 is 14.9 Å². The summed E-state index contributed by atoms with van der Waals surface area (Å²) in [5.41, 5.74) is 0. The zero-order valence-electron chi connectivity index (χ0n) is 5.84. The van der Waals surface area contributed by atoms with Gasteiger partial charge in [-0.15, -0.1) is 0 Å². The molecule has 0 saturated carbocycles. The number of pyridine rings is 1. The van der Waals surface area contributed by atoms with Crippen LogP contribution in [0.1, 0.15) is 0 Å². The molecule has 0 atom stereocenters. The van der Waals surface area contributed by atoms with Crippen LogP contribution in [0.5, 0.6) is 5.88 Å². The van der Waals surface area contributed by atoms with Crippen LogP contribution in [0.15, 0.2) is 24.4 Å². The first-order chi connectivity index (χ1) is 5.29. The van der Waals surface area contributed by atoms with Crippen molar-refractivity contribution in [3.63, 3.8) is 0 Å². The lowest BCUT2D eigenvalue weighted by molar-refractivity contribution is -0.0688. The summed E-state index contributed by atoms with van der Waals surface area (Å²) in [6.45, 7) is -0.156. The minimum atomic E-state index is -1.45. The zero-order valence-corrected chi connectivity index (χ0v) is 5.84. The normalized spacial score (nSPS) is 10.1. The first-order valence-electron chi connectivity index (χ1n) is 3.19. The maximum atomic E-state index is 8.42. The number of nitrogens with zero attached hydrogens (tertiary/aromatic N) is 1. The van der Waals surface area contributed by atoms with E-state index in [0.717, 1.165) is 0 Å². The van der Waals surface area contributed by atoms with Gasteiger partial charge >= 0.3 is 0 Å². The van der Waals surface area contributed by atoms with Crippen molar-refractivity contribution >= 4 is 0 Å². The van der Waals surface area contributed by atoms with E-state index < -0.39 is 6.29 Å². The predicted octanol–water partition coefficient (Wildman–Crippen LogP) is -0.229. The summed E-state index contributed by atoms with van der Waals surface area (Å²) in [6.07, 6.45) is 0.121. The fourth-order valence-electron chi connectivity index (χ4n) is 0.592. The van der Waals surface area contributed by atoms with Crippen LogP contribution >= 0.6 is 0 Å². The Hall–Kier alpha value is -1.13. The standard InChI is InChI=1S/C7H9NO3/c9-7(10)5-11-6-3-1-2-4-8-6/h1-4,7,9-10H,5H2. The van der Waals surface area contributed by atoms with E-state index in [9.17, 15) is 0 Å². The van der Waals surface area contributed by atoms with Crippen molar-refractivity contribution in [3.8, 4) is 5.88 Å². The maximum absolute atomic E-state index is 8.42. The van der Waals surface area contributed by atoms with E-state index in [2.05, 4.69) is 4.98 Å². The Morgan fingerprint density at radius 2 is 2.27 bits per heavy atom. The molecule has 0 spiro atoms. The van der Waals surface area contributed by atoms with Gasteiger partial charge < -0.3 is 14.9 Å². The Kier molecular flexibility index (Phi) is 2.83. The number of hydrogen-bond donors (Lipinski definition) is 2. The first kappa shape index (κ1) is 7.97. The second-order valence-electron chi connectivity index (χ2n) is 1.96. The number of ether oxygens (including phenoxy) is 1. The Morgan fingerprint density at radius 3 is 2.82 bits per heavy atom. The molecule has 0 aliphatic carbocycles. The Morgan fingerprint density at radius 1 is 1.45 bits per heavy atom. The highest BCUT2D eigenvalue weighted by atomic mass is 16.5. The third kappa shape index (κ3) is 2.97. The monoisotopic (exact) mass is 155 g/mol. The van der Waals surface area contributed by atoms with E-state index in [0.29, 0.717) is 5.88 Å². The number of aromatic nitrogens is 1. The fourth-order valence-corrected chi connectivity index (χ4v) is 0.592. The molecule has 0 fully saturated rings. The lowest BCUT2D eigenvalue weighted by Gasteiger charge is -2.04. The Bertz CT molecular complexity index is 200. The molecule has 60 valence electrons. The highest BCUT2D eigenvalue weighted by Gasteiger charge is 1.97. The molecule has 0 aromatic carbocycles. The zero-order chi connectivity index (χ0) is 8.10. The van der Waals surface area contributed by atoms with Gasteiger partial charge in [-0.25, -0.2) is 4.98 Å². The molecule has 0 amide bonds. The van der Waals surface area contributed by atoms with Gasteiger partial charge in [0.15, 0.2) is 6.29 Å². The van der Waals surface area contributed by atoms with E-state index in [1.54, 1.807) is 24.4 Å². The van der Waals surface area contributed by atoms with Gasteiger partial charge in [-0.2, -0.15) is 0 Å². The van der Waals surface area contributed by atoms with Crippen LogP contribution in [-0.4, -0.2) is 28.1 Å². The van der Waals surface area contributed by atoms with Gasteiger partial charge in [0.1, 0.15) is 6.61 Å². The van der Waals surface area contributed by atoms with Gasteiger partial charge in [-0.3, -0.25) is 0 Å². The smallest absolute Gasteiger partial charge is 0.213 e. The summed E-state index contributed by atoms with van der Waals surface area (Å²) in [5, 5.41) is 16.8. The summed E-state index contributed by atoms with van der Waals surface area (Å²) in [4.78, 5) is 3.81. The summed E-state index contributed by atoms with van der Waals surface area (Å²) >= 11 is 0. The maximum Gasteiger partial charge on any atom is 0.213 e. The molecular formula is C7H9NO3. The van der Waals surface area contributed by atoms with E-state index in [1.807, 2.05) is 0 Å². The van der Waals surface area contributed by atoms with Crippen LogP contribution in [0.25, 0.3) is 0 Å². The molecule has 1 rings (SSSR count). The van der Waals surface area contributed by atoms with Crippen LogP contribution in [0.4, 0.5) is 0 Å². The quantitative estimate of drug-likeness (QED) is 0.592. The topological polar surface area (TPSA) is 62.6 Å². The Balaban J connectivity index is 2.39. The number of rotatable bonds is 3. The molecule has 0 radical (unpaired) electrons. The molecular weight excluding hydrogens is 146 g/mol. The highest BCUT2D eigenvalue weighted by molar-refractivity contribution is 5.08. The van der Waals surface area contributed by atoms with Gasteiger partial charge in [-0.05, 0) is 6.07 Å². The second kappa shape index (κ2) is 3.90. The van der Waals surface area contributed by atoms with E-state index in [4.69, 9.17) is 14.9 Å². The number of aliphatic hydroxyl groups is 2. The minimum Gasteiger partial charge on any atom is -0.472 e. The molecule has 11 heavy (non-hydrogen) atoms. The van der Waals surface area contributed by atoms with Crippen LogP contribution in [0, 0.1) is 0 Å². The molecule has 0 bridgehead atoms. The largest absolute Gasteiger partial charge is 0.472 e. The molecule has 0 aliphatic rings. The van der Waals surface area contributed by atoms with Crippen molar-refractivity contribution in [1.82, 2.24) is 4.98 Å². The van der Waals surface area contributed by atoms with E-state index in [1.165, 1.54) is 0 Å². The van der Waals surface area contributed by atoms with Crippen molar-refractivity contribution in [2.24, 2.45) is 0 Å². The number of hydrogen-bond acceptors (Lipinski definition) is 4. The average Bonchev–Trinajstić information content (AvgIpc) is 2.03. The first-order valence-corrected chi connectivity index (χ1v) is 3.19. The van der Waals surface area contributed by atoms with Crippen LogP contribution in [0.2, 0.25) is 0 Å². The molecule has 4 heteroatoms. The minimum absolute atomic E-state index is 0.156. The van der Waals surface area contributed by atoms with Gasteiger partial charge in [0, 0.05) is 12.3 Å². The predicted molar refractivity (Wildman–Crippen MR) is 38.0 cm³/mol. The third-order valence-corrected chi connectivity index (χ3v) is 1.02. The lowest BCUT2D eigenvalue weighted by Crippen LogP contribution is -2.16. The van der Waals surface area contributed by atoms with Gasteiger partial charge in [0.05, 0.1) is 0 Å². The molecule has 1 aromatic rings. The van der Waals surface area contributed by atoms with Crippen molar-refractivity contribution in [2.45, 2.75) is 6.29 Å². The summed E-state index contributed by atoms with van der Waals surface area (Å²) in [7, 11) is 0.